The highest BCUT2D eigenvalue weighted by Crippen LogP contribution is 2.20. The number of halogens is 1. The summed E-state index contributed by atoms with van der Waals surface area (Å²) in [5.74, 6) is 0. The molecule has 2 aromatic rings. The molecule has 1 aliphatic heterocycles. The molecule has 100 valence electrons. The predicted octanol–water partition coefficient (Wildman–Crippen LogP) is 2.29. The number of pyridine rings is 1. The molecule has 0 atom stereocenters. The average Bonchev–Trinajstić information content (AvgIpc) is 2.87. The van der Waals surface area contributed by atoms with Crippen LogP contribution in [0.15, 0.2) is 29.1 Å². The lowest BCUT2D eigenvalue weighted by Gasteiger charge is -2.15. The smallest absolute Gasteiger partial charge is 0.251 e. The van der Waals surface area contributed by atoms with Crippen LogP contribution in [0.5, 0.6) is 0 Å². The summed E-state index contributed by atoms with van der Waals surface area (Å²) in [5.41, 5.74) is 1.93. The SMILES string of the molecule is Cc1cc(=O)n(CC2OCCO2)c2cc(I)ccc12. The highest BCUT2D eigenvalue weighted by atomic mass is 127. The van der Waals surface area contributed by atoms with Crippen molar-refractivity contribution in [3.8, 4) is 0 Å². The van der Waals surface area contributed by atoms with Gasteiger partial charge < -0.3 is 14.0 Å². The van der Waals surface area contributed by atoms with Crippen molar-refractivity contribution in [2.75, 3.05) is 13.2 Å². The van der Waals surface area contributed by atoms with E-state index in [9.17, 15) is 4.79 Å². The van der Waals surface area contributed by atoms with Crippen molar-refractivity contribution in [3.63, 3.8) is 0 Å². The monoisotopic (exact) mass is 371 g/mol. The maximum atomic E-state index is 12.2. The van der Waals surface area contributed by atoms with Crippen LogP contribution in [0.3, 0.4) is 0 Å². The second-order valence-corrected chi connectivity index (χ2v) is 5.85. The van der Waals surface area contributed by atoms with Crippen LogP contribution in [0, 0.1) is 10.5 Å². The van der Waals surface area contributed by atoms with Crippen LogP contribution in [0.25, 0.3) is 10.9 Å². The minimum atomic E-state index is -0.318. The first kappa shape index (κ1) is 13.1. The van der Waals surface area contributed by atoms with Gasteiger partial charge in [-0.1, -0.05) is 6.07 Å². The third-order valence-corrected chi connectivity index (χ3v) is 3.97. The molecular weight excluding hydrogens is 357 g/mol. The van der Waals surface area contributed by atoms with Crippen LogP contribution in [0.2, 0.25) is 0 Å². The zero-order valence-corrected chi connectivity index (χ0v) is 12.7. The number of aromatic nitrogens is 1. The molecule has 19 heavy (non-hydrogen) atoms. The summed E-state index contributed by atoms with van der Waals surface area (Å²) in [7, 11) is 0. The Balaban J connectivity index is 2.15. The number of ether oxygens (including phenoxy) is 2. The Bertz CT molecular complexity index is 674. The predicted molar refractivity (Wildman–Crippen MR) is 81.4 cm³/mol. The fourth-order valence-electron chi connectivity index (χ4n) is 2.37. The molecule has 0 radical (unpaired) electrons. The van der Waals surface area contributed by atoms with Gasteiger partial charge in [-0.05, 0) is 47.2 Å². The van der Waals surface area contributed by atoms with Gasteiger partial charge in [0.15, 0.2) is 6.29 Å². The van der Waals surface area contributed by atoms with Gasteiger partial charge in [0.1, 0.15) is 0 Å². The minimum Gasteiger partial charge on any atom is -0.348 e. The topological polar surface area (TPSA) is 40.5 Å². The number of aryl methyl sites for hydroxylation is 1. The van der Waals surface area contributed by atoms with Gasteiger partial charge in [-0.15, -0.1) is 0 Å². The maximum Gasteiger partial charge on any atom is 0.251 e. The van der Waals surface area contributed by atoms with Gasteiger partial charge in [0, 0.05) is 15.0 Å². The van der Waals surface area contributed by atoms with Gasteiger partial charge >= 0.3 is 0 Å². The lowest BCUT2D eigenvalue weighted by molar-refractivity contribution is -0.0522. The van der Waals surface area contributed by atoms with Crippen molar-refractivity contribution in [2.45, 2.75) is 19.8 Å². The van der Waals surface area contributed by atoms with E-state index in [2.05, 4.69) is 28.7 Å². The molecule has 0 unspecified atom stereocenters. The zero-order valence-electron chi connectivity index (χ0n) is 10.6. The Morgan fingerprint density at radius 1 is 1.32 bits per heavy atom. The number of benzene rings is 1. The third-order valence-electron chi connectivity index (χ3n) is 3.30. The summed E-state index contributed by atoms with van der Waals surface area (Å²) in [4.78, 5) is 12.2. The molecule has 1 saturated heterocycles. The number of hydrogen-bond acceptors (Lipinski definition) is 3. The standard InChI is InChI=1S/C14H14INO3/c1-9-6-13(17)16(8-14-18-4-5-19-14)12-7-10(15)2-3-11(9)12/h2-3,6-7,14H,4-5,8H2,1H3. The maximum absolute atomic E-state index is 12.2. The van der Waals surface area contributed by atoms with E-state index >= 15 is 0 Å². The molecule has 0 amide bonds. The normalized spacial score (nSPS) is 16.3. The number of hydrogen-bond donors (Lipinski definition) is 0. The van der Waals surface area contributed by atoms with E-state index in [1.807, 2.05) is 19.1 Å². The first-order valence-electron chi connectivity index (χ1n) is 6.18. The largest absolute Gasteiger partial charge is 0.348 e. The fraction of sp³-hybridized carbons (Fsp3) is 0.357. The van der Waals surface area contributed by atoms with E-state index in [4.69, 9.17) is 9.47 Å². The molecule has 4 nitrogen and oxygen atoms in total. The molecule has 0 N–H and O–H groups in total. The van der Waals surface area contributed by atoms with Crippen molar-refractivity contribution in [1.29, 1.82) is 0 Å². The fourth-order valence-corrected chi connectivity index (χ4v) is 2.85. The van der Waals surface area contributed by atoms with Gasteiger partial charge in [-0.3, -0.25) is 4.79 Å². The summed E-state index contributed by atoms with van der Waals surface area (Å²) in [5, 5.41) is 1.10. The molecule has 2 heterocycles. The second-order valence-electron chi connectivity index (χ2n) is 4.61. The van der Waals surface area contributed by atoms with Crippen molar-refractivity contribution in [1.82, 2.24) is 4.57 Å². The highest BCUT2D eigenvalue weighted by Gasteiger charge is 2.18. The molecule has 0 bridgehead atoms. The summed E-state index contributed by atoms with van der Waals surface area (Å²) < 4.78 is 13.7. The summed E-state index contributed by atoms with van der Waals surface area (Å²) in [6.45, 7) is 3.60. The number of nitrogens with zero attached hydrogens (tertiary/aromatic N) is 1. The lowest BCUT2D eigenvalue weighted by atomic mass is 10.1. The van der Waals surface area contributed by atoms with Gasteiger partial charge in [0.25, 0.3) is 5.56 Å². The van der Waals surface area contributed by atoms with E-state index in [0.717, 1.165) is 20.0 Å². The van der Waals surface area contributed by atoms with Gasteiger partial charge in [-0.25, -0.2) is 0 Å². The van der Waals surface area contributed by atoms with Crippen LogP contribution in [-0.4, -0.2) is 24.1 Å². The van der Waals surface area contributed by atoms with E-state index in [0.29, 0.717) is 19.8 Å². The molecule has 1 fully saturated rings. The van der Waals surface area contributed by atoms with E-state index < -0.39 is 0 Å². The second kappa shape index (κ2) is 5.22. The number of rotatable bonds is 2. The molecule has 0 saturated carbocycles. The van der Waals surface area contributed by atoms with E-state index in [1.54, 1.807) is 10.6 Å². The van der Waals surface area contributed by atoms with Crippen LogP contribution in [-0.2, 0) is 16.0 Å². The Morgan fingerprint density at radius 2 is 2.05 bits per heavy atom. The minimum absolute atomic E-state index is 0.00824. The molecule has 0 spiro atoms. The average molecular weight is 371 g/mol. The van der Waals surface area contributed by atoms with Crippen LogP contribution in [0.1, 0.15) is 5.56 Å². The lowest BCUT2D eigenvalue weighted by Crippen LogP contribution is -2.27. The van der Waals surface area contributed by atoms with Gasteiger partial charge in [-0.2, -0.15) is 0 Å². The Labute approximate surface area is 124 Å². The molecule has 1 aromatic heterocycles. The third kappa shape index (κ3) is 2.54. The summed E-state index contributed by atoms with van der Waals surface area (Å²) in [6.07, 6.45) is -0.318. The molecule has 1 aromatic carbocycles. The molecule has 0 aliphatic carbocycles. The Hall–Kier alpha value is -0.920. The Kier molecular flexibility index (Phi) is 3.60. The van der Waals surface area contributed by atoms with Crippen molar-refractivity contribution >= 4 is 33.5 Å². The van der Waals surface area contributed by atoms with Crippen molar-refractivity contribution in [3.05, 3.63) is 43.8 Å². The first-order chi connectivity index (χ1) is 9.15. The van der Waals surface area contributed by atoms with Crippen molar-refractivity contribution in [2.24, 2.45) is 0 Å². The van der Waals surface area contributed by atoms with Crippen LogP contribution >= 0.6 is 22.6 Å². The quantitative estimate of drug-likeness (QED) is 0.761. The summed E-state index contributed by atoms with van der Waals surface area (Å²) in [6, 6.07) is 7.80. The highest BCUT2D eigenvalue weighted by molar-refractivity contribution is 14.1. The van der Waals surface area contributed by atoms with Gasteiger partial charge in [0.2, 0.25) is 0 Å². The van der Waals surface area contributed by atoms with E-state index in [-0.39, 0.29) is 11.8 Å². The van der Waals surface area contributed by atoms with E-state index in [1.165, 1.54) is 0 Å². The van der Waals surface area contributed by atoms with Crippen LogP contribution in [0.4, 0.5) is 0 Å². The van der Waals surface area contributed by atoms with Crippen LogP contribution < -0.4 is 5.56 Å². The van der Waals surface area contributed by atoms with Gasteiger partial charge in [0.05, 0.1) is 25.3 Å². The first-order valence-corrected chi connectivity index (χ1v) is 7.26. The van der Waals surface area contributed by atoms with Crippen molar-refractivity contribution < 1.29 is 9.47 Å². The molecular formula is C14H14INO3. The Morgan fingerprint density at radius 3 is 2.79 bits per heavy atom. The molecule has 1 aliphatic rings. The summed E-state index contributed by atoms with van der Waals surface area (Å²) >= 11 is 2.25. The zero-order chi connectivity index (χ0) is 13.4. The number of fused-ring (bicyclic) bond motifs is 1. The molecule has 3 rings (SSSR count). The molecule has 5 heteroatoms.